The monoisotopic (exact) mass is 316 g/mol. The molecular weight excluding hydrogens is 303 g/mol. The number of rotatable bonds is 4. The van der Waals surface area contributed by atoms with E-state index in [1.807, 2.05) is 10.5 Å². The molecule has 0 spiro atoms. The van der Waals surface area contributed by atoms with Gasteiger partial charge in [-0.25, -0.2) is 15.0 Å². The molecule has 112 valence electrons. The molecule has 5 nitrogen and oxygen atoms in total. The lowest BCUT2D eigenvalue weighted by atomic mass is 10.3. The average molecular weight is 316 g/mol. The third kappa shape index (κ3) is 2.39. The molecule has 0 aliphatic carbocycles. The lowest BCUT2D eigenvalue weighted by molar-refractivity contribution is 0.400. The summed E-state index contributed by atoms with van der Waals surface area (Å²) in [5.74, 6) is -0.0109. The molecule has 0 aliphatic rings. The van der Waals surface area contributed by atoms with E-state index < -0.39 is 5.95 Å². The predicted molar refractivity (Wildman–Crippen MR) is 86.5 cm³/mol. The molecule has 0 aliphatic heterocycles. The van der Waals surface area contributed by atoms with Crippen LogP contribution in [-0.4, -0.2) is 27.2 Å². The number of ether oxygens (including phenoxy) is 1. The van der Waals surface area contributed by atoms with Crippen LogP contribution in [0.4, 0.5) is 4.39 Å². The van der Waals surface area contributed by atoms with Gasteiger partial charge in [0.15, 0.2) is 4.96 Å². The topological polar surface area (TPSA) is 51.8 Å². The van der Waals surface area contributed by atoms with E-state index in [1.165, 1.54) is 23.5 Å². The van der Waals surface area contributed by atoms with Crippen molar-refractivity contribution in [1.82, 2.24) is 14.4 Å². The van der Waals surface area contributed by atoms with E-state index >= 15 is 0 Å². The highest BCUT2D eigenvalue weighted by Gasteiger charge is 2.13. The highest BCUT2D eigenvalue weighted by atomic mass is 32.1. The van der Waals surface area contributed by atoms with Gasteiger partial charge in [0.25, 0.3) is 0 Å². The summed E-state index contributed by atoms with van der Waals surface area (Å²) in [6.45, 7) is 5.25. The van der Waals surface area contributed by atoms with E-state index in [0.717, 1.165) is 15.3 Å². The van der Waals surface area contributed by atoms with Crippen molar-refractivity contribution in [2.24, 2.45) is 4.99 Å². The Hall–Kier alpha value is -2.54. The Morgan fingerprint density at radius 3 is 2.95 bits per heavy atom. The Labute approximate surface area is 130 Å². The zero-order valence-electron chi connectivity index (χ0n) is 12.1. The predicted octanol–water partition coefficient (Wildman–Crippen LogP) is 3.76. The second-order valence-electron chi connectivity index (χ2n) is 4.37. The second kappa shape index (κ2) is 5.69. The first kappa shape index (κ1) is 14.4. The van der Waals surface area contributed by atoms with Crippen molar-refractivity contribution in [1.29, 1.82) is 0 Å². The van der Waals surface area contributed by atoms with Crippen molar-refractivity contribution in [2.45, 2.75) is 6.92 Å². The van der Waals surface area contributed by atoms with Crippen LogP contribution < -0.4 is 4.74 Å². The summed E-state index contributed by atoms with van der Waals surface area (Å²) in [6, 6.07) is 3.70. The standard InChI is InChI=1S/C15H13FN4OS/c1-4-9(17-12(16)5-2)10-8-20-11-6-7-13(21-3)19-14(11)22-15(20)18-10/h4-8H,1H2,2-3H3. The van der Waals surface area contributed by atoms with Gasteiger partial charge < -0.3 is 4.74 Å². The van der Waals surface area contributed by atoms with E-state index in [4.69, 9.17) is 4.74 Å². The van der Waals surface area contributed by atoms with Crippen molar-refractivity contribution in [3.8, 4) is 5.88 Å². The lowest BCUT2D eigenvalue weighted by Gasteiger charge is -1.97. The van der Waals surface area contributed by atoms with Gasteiger partial charge in [0, 0.05) is 12.3 Å². The van der Waals surface area contributed by atoms with Crippen LogP contribution in [0.2, 0.25) is 0 Å². The number of hydrogen-bond acceptors (Lipinski definition) is 5. The molecule has 0 radical (unpaired) electrons. The number of aromatic nitrogens is 3. The molecule has 22 heavy (non-hydrogen) atoms. The van der Waals surface area contributed by atoms with E-state index in [2.05, 4.69) is 21.5 Å². The average Bonchev–Trinajstić information content (AvgIpc) is 3.08. The Bertz CT molecular complexity index is 922. The summed E-state index contributed by atoms with van der Waals surface area (Å²) in [4.78, 5) is 14.3. The quantitative estimate of drug-likeness (QED) is 0.544. The minimum absolute atomic E-state index is 0.390. The van der Waals surface area contributed by atoms with Crippen LogP contribution in [0.25, 0.3) is 15.3 Å². The molecule has 0 amide bonds. The zero-order valence-corrected chi connectivity index (χ0v) is 12.9. The number of hydrogen-bond donors (Lipinski definition) is 0. The van der Waals surface area contributed by atoms with E-state index in [1.54, 1.807) is 26.3 Å². The number of halogens is 1. The van der Waals surface area contributed by atoms with Gasteiger partial charge in [-0.3, -0.25) is 4.40 Å². The van der Waals surface area contributed by atoms with E-state index in [-0.39, 0.29) is 0 Å². The van der Waals surface area contributed by atoms with E-state index in [0.29, 0.717) is 17.3 Å². The van der Waals surface area contributed by atoms with Crippen molar-refractivity contribution >= 4 is 32.4 Å². The molecule has 3 heterocycles. The Balaban J connectivity index is 2.14. The molecule has 3 aromatic heterocycles. The fraction of sp³-hybridized carbons (Fsp3) is 0.133. The van der Waals surface area contributed by atoms with Crippen LogP contribution in [0.15, 0.2) is 48.0 Å². The van der Waals surface area contributed by atoms with Crippen LogP contribution >= 0.6 is 11.3 Å². The highest BCUT2D eigenvalue weighted by Crippen LogP contribution is 2.27. The Morgan fingerprint density at radius 2 is 2.27 bits per heavy atom. The molecule has 3 rings (SSSR count). The molecule has 0 saturated carbocycles. The van der Waals surface area contributed by atoms with Crippen LogP contribution in [0.3, 0.4) is 0 Å². The largest absolute Gasteiger partial charge is 0.481 e. The van der Waals surface area contributed by atoms with Crippen molar-refractivity contribution in [3.63, 3.8) is 0 Å². The van der Waals surface area contributed by atoms with Gasteiger partial charge in [0.1, 0.15) is 10.5 Å². The maximum atomic E-state index is 13.3. The first-order chi connectivity index (χ1) is 10.7. The maximum Gasteiger partial charge on any atom is 0.214 e. The van der Waals surface area contributed by atoms with Gasteiger partial charge >= 0.3 is 0 Å². The van der Waals surface area contributed by atoms with Crippen molar-refractivity contribution in [3.05, 3.63) is 48.7 Å². The molecule has 0 aromatic carbocycles. The molecule has 0 atom stereocenters. The normalized spacial score (nSPS) is 13.0. The fourth-order valence-electron chi connectivity index (χ4n) is 1.99. The van der Waals surface area contributed by atoms with Gasteiger partial charge in [0.2, 0.25) is 11.8 Å². The fourth-order valence-corrected chi connectivity index (χ4v) is 2.97. The van der Waals surface area contributed by atoms with Crippen LogP contribution in [0.5, 0.6) is 5.88 Å². The van der Waals surface area contributed by atoms with Crippen molar-refractivity contribution < 1.29 is 9.13 Å². The van der Waals surface area contributed by atoms with Crippen LogP contribution in [0.1, 0.15) is 12.6 Å². The number of nitrogens with zero attached hydrogens (tertiary/aromatic N) is 4. The molecule has 0 unspecified atom stereocenters. The Kier molecular flexibility index (Phi) is 3.72. The van der Waals surface area contributed by atoms with Crippen molar-refractivity contribution in [2.75, 3.05) is 7.11 Å². The minimum Gasteiger partial charge on any atom is -0.481 e. The number of imidazole rings is 1. The third-order valence-electron chi connectivity index (χ3n) is 3.07. The van der Waals surface area contributed by atoms with Gasteiger partial charge in [-0.1, -0.05) is 17.9 Å². The summed E-state index contributed by atoms with van der Waals surface area (Å²) in [6.07, 6.45) is 4.57. The van der Waals surface area contributed by atoms with Gasteiger partial charge in [-0.2, -0.15) is 4.39 Å². The first-order valence-electron chi connectivity index (χ1n) is 6.52. The smallest absolute Gasteiger partial charge is 0.214 e. The number of fused-ring (bicyclic) bond motifs is 3. The van der Waals surface area contributed by atoms with Crippen LogP contribution in [-0.2, 0) is 0 Å². The molecule has 0 bridgehead atoms. The number of pyridine rings is 1. The van der Waals surface area contributed by atoms with Gasteiger partial charge in [-0.05, 0) is 25.1 Å². The number of methoxy groups -OCH3 is 1. The lowest BCUT2D eigenvalue weighted by Crippen LogP contribution is -1.96. The summed E-state index contributed by atoms with van der Waals surface area (Å²) in [5.41, 5.74) is 1.87. The number of thiazole rings is 1. The first-order valence-corrected chi connectivity index (χ1v) is 7.34. The maximum absolute atomic E-state index is 13.3. The molecular formula is C15H13FN4OS. The molecule has 0 N–H and O–H groups in total. The summed E-state index contributed by atoms with van der Waals surface area (Å²) < 4.78 is 20.4. The second-order valence-corrected chi connectivity index (χ2v) is 5.33. The summed E-state index contributed by atoms with van der Waals surface area (Å²) in [5, 5.41) is 0. The molecule has 0 saturated heterocycles. The number of allylic oxidation sites excluding steroid dienone is 2. The summed E-state index contributed by atoms with van der Waals surface area (Å²) >= 11 is 1.43. The van der Waals surface area contributed by atoms with E-state index in [9.17, 15) is 4.39 Å². The molecule has 7 heteroatoms. The molecule has 0 fully saturated rings. The number of aliphatic imine (C=N–C) groups is 1. The zero-order chi connectivity index (χ0) is 15.7. The van der Waals surface area contributed by atoms with Gasteiger partial charge in [-0.15, -0.1) is 0 Å². The highest BCUT2D eigenvalue weighted by molar-refractivity contribution is 7.23. The minimum atomic E-state index is -0.567. The Morgan fingerprint density at radius 1 is 1.45 bits per heavy atom. The van der Waals surface area contributed by atoms with Gasteiger partial charge in [0.05, 0.1) is 18.3 Å². The SMILES string of the molecule is C=CC(=NC(F)=CC)c1cn2c(n1)sc1nc(OC)ccc12. The third-order valence-corrected chi connectivity index (χ3v) is 4.03. The molecule has 3 aromatic rings. The van der Waals surface area contributed by atoms with Crippen LogP contribution in [0, 0.1) is 0 Å². The summed E-state index contributed by atoms with van der Waals surface area (Å²) in [7, 11) is 1.58.